The predicted octanol–water partition coefficient (Wildman–Crippen LogP) is 15.8. The monoisotopic (exact) mass is 783 g/mol. The molecule has 5 heteroatoms. The lowest BCUT2D eigenvalue weighted by Gasteiger charge is -2.18. The van der Waals surface area contributed by atoms with E-state index < -0.39 is 6.10 Å². The Bertz CT molecular complexity index is 977. The number of carbonyl (C=O) groups excluding carboxylic acids is 2. The highest BCUT2D eigenvalue weighted by atomic mass is 16.6. The number of hydrogen-bond acceptors (Lipinski definition) is 5. The zero-order chi connectivity index (χ0) is 40.7. The first-order valence-corrected chi connectivity index (χ1v) is 23.8. The summed E-state index contributed by atoms with van der Waals surface area (Å²) in [4.78, 5) is 25.3. The Morgan fingerprint density at radius 3 is 1.36 bits per heavy atom. The summed E-state index contributed by atoms with van der Waals surface area (Å²) in [5.74, 6) is -0.430. The molecule has 0 aliphatic heterocycles. The van der Waals surface area contributed by atoms with Crippen molar-refractivity contribution < 1.29 is 23.8 Å². The van der Waals surface area contributed by atoms with E-state index in [1.54, 1.807) is 0 Å². The van der Waals surface area contributed by atoms with Crippen molar-refractivity contribution >= 4 is 11.9 Å². The van der Waals surface area contributed by atoms with Gasteiger partial charge in [0.15, 0.2) is 6.10 Å². The van der Waals surface area contributed by atoms with E-state index in [9.17, 15) is 9.59 Å². The Kier molecular flexibility index (Phi) is 45.0. The van der Waals surface area contributed by atoms with Crippen LogP contribution in [0.3, 0.4) is 0 Å². The smallest absolute Gasteiger partial charge is 0.306 e. The van der Waals surface area contributed by atoms with E-state index in [1.165, 1.54) is 109 Å². The Hall–Kier alpha value is -2.40. The lowest BCUT2D eigenvalue weighted by Crippen LogP contribution is -2.30. The summed E-state index contributed by atoms with van der Waals surface area (Å²) in [7, 11) is 0. The van der Waals surface area contributed by atoms with Gasteiger partial charge in [-0.1, -0.05) is 178 Å². The fourth-order valence-electron chi connectivity index (χ4n) is 6.44. The van der Waals surface area contributed by atoms with E-state index in [2.05, 4.69) is 81.5 Å². The molecule has 0 heterocycles. The van der Waals surface area contributed by atoms with Crippen LogP contribution in [0, 0.1) is 0 Å². The number of rotatable bonds is 43. The molecular formula is C51H90O5. The summed E-state index contributed by atoms with van der Waals surface area (Å²) in [6, 6.07) is 0. The van der Waals surface area contributed by atoms with Gasteiger partial charge in [-0.15, -0.1) is 0 Å². The maximum Gasteiger partial charge on any atom is 0.306 e. The minimum Gasteiger partial charge on any atom is -0.462 e. The fourth-order valence-corrected chi connectivity index (χ4v) is 6.44. The Balaban J connectivity index is 4.29. The Morgan fingerprint density at radius 1 is 0.411 bits per heavy atom. The molecule has 0 saturated heterocycles. The topological polar surface area (TPSA) is 61.8 Å². The third-order valence-corrected chi connectivity index (χ3v) is 10.0. The first kappa shape index (κ1) is 53.6. The van der Waals surface area contributed by atoms with E-state index in [0.29, 0.717) is 19.4 Å². The van der Waals surface area contributed by atoms with E-state index in [-0.39, 0.29) is 25.2 Å². The van der Waals surface area contributed by atoms with Crippen LogP contribution < -0.4 is 0 Å². The summed E-state index contributed by atoms with van der Waals surface area (Å²) in [5, 5.41) is 0. The Morgan fingerprint density at radius 2 is 0.821 bits per heavy atom. The van der Waals surface area contributed by atoms with E-state index in [4.69, 9.17) is 14.2 Å². The van der Waals surface area contributed by atoms with Crippen LogP contribution in [0.1, 0.15) is 226 Å². The summed E-state index contributed by atoms with van der Waals surface area (Å²) >= 11 is 0. The van der Waals surface area contributed by atoms with Gasteiger partial charge in [0.25, 0.3) is 0 Å². The van der Waals surface area contributed by atoms with E-state index in [0.717, 1.165) is 83.5 Å². The average Bonchev–Trinajstić information content (AvgIpc) is 3.20. The van der Waals surface area contributed by atoms with Crippen molar-refractivity contribution in [1.29, 1.82) is 0 Å². The maximum atomic E-state index is 12.7. The minimum atomic E-state index is -0.549. The van der Waals surface area contributed by atoms with Crippen LogP contribution in [0.2, 0.25) is 0 Å². The predicted molar refractivity (Wildman–Crippen MR) is 242 cm³/mol. The molecule has 0 saturated carbocycles. The van der Waals surface area contributed by atoms with Crippen LogP contribution in [0.4, 0.5) is 0 Å². The molecule has 56 heavy (non-hydrogen) atoms. The van der Waals surface area contributed by atoms with Crippen LogP contribution >= 0.6 is 0 Å². The highest BCUT2D eigenvalue weighted by Crippen LogP contribution is 2.13. The fraction of sp³-hybridized carbons (Fsp3) is 0.765. The van der Waals surface area contributed by atoms with E-state index in [1.807, 2.05) is 0 Å². The number of carbonyl (C=O) groups is 2. The van der Waals surface area contributed by atoms with Crippen molar-refractivity contribution in [2.24, 2.45) is 0 Å². The zero-order valence-electron chi connectivity index (χ0n) is 37.1. The first-order chi connectivity index (χ1) is 27.6. The first-order valence-electron chi connectivity index (χ1n) is 23.8. The zero-order valence-corrected chi connectivity index (χ0v) is 37.1. The van der Waals surface area contributed by atoms with Crippen molar-refractivity contribution in [2.45, 2.75) is 232 Å². The molecule has 0 N–H and O–H groups in total. The van der Waals surface area contributed by atoms with Gasteiger partial charge in [-0.25, -0.2) is 0 Å². The summed E-state index contributed by atoms with van der Waals surface area (Å²) in [6.07, 6.45) is 57.9. The maximum absolute atomic E-state index is 12.7. The SMILES string of the molecule is CC/C=C\C/C=C\C/C=C\CCCCCCCC(=O)OCC(COCCCCCCCC/C=C\CCCCCC)OC(=O)CCCCCCC/C=C\CCCC. The molecule has 0 rings (SSSR count). The van der Waals surface area contributed by atoms with Crippen LogP contribution in [0.25, 0.3) is 0 Å². The summed E-state index contributed by atoms with van der Waals surface area (Å²) in [5.41, 5.74) is 0. The van der Waals surface area contributed by atoms with Crippen LogP contribution in [0.5, 0.6) is 0 Å². The average molecular weight is 783 g/mol. The third kappa shape index (κ3) is 44.3. The molecule has 0 aliphatic rings. The van der Waals surface area contributed by atoms with Crippen molar-refractivity contribution in [2.75, 3.05) is 19.8 Å². The van der Waals surface area contributed by atoms with Gasteiger partial charge < -0.3 is 14.2 Å². The standard InChI is InChI=1S/C51H90O5/c1-4-7-10-13-16-19-22-24-26-27-30-32-35-38-41-44-50(52)55-48-49(56-51(53)45-42-39-36-33-29-21-18-15-12-9-6-3)47-54-46-43-40-37-34-31-28-25-23-20-17-14-11-8-5-2/h7,10,15-16,18-20,23-24,26,49H,4-6,8-9,11-14,17,21-22,25,27-48H2,1-3H3/b10-7-,18-15-,19-16-,23-20-,26-24-. The highest BCUT2D eigenvalue weighted by Gasteiger charge is 2.17. The van der Waals surface area contributed by atoms with Gasteiger partial charge in [0, 0.05) is 19.4 Å². The minimum absolute atomic E-state index is 0.0699. The van der Waals surface area contributed by atoms with Gasteiger partial charge in [-0.2, -0.15) is 0 Å². The van der Waals surface area contributed by atoms with Gasteiger partial charge in [-0.3, -0.25) is 9.59 Å². The summed E-state index contributed by atoms with van der Waals surface area (Å²) < 4.78 is 17.3. The van der Waals surface area contributed by atoms with Crippen molar-refractivity contribution in [3.63, 3.8) is 0 Å². The van der Waals surface area contributed by atoms with Crippen molar-refractivity contribution in [1.82, 2.24) is 0 Å². The number of unbranched alkanes of at least 4 members (excludes halogenated alkanes) is 22. The molecule has 5 nitrogen and oxygen atoms in total. The second kappa shape index (κ2) is 47.0. The normalized spacial score (nSPS) is 12.7. The second-order valence-corrected chi connectivity index (χ2v) is 15.6. The molecule has 324 valence electrons. The molecule has 0 radical (unpaired) electrons. The van der Waals surface area contributed by atoms with Crippen LogP contribution in [-0.2, 0) is 23.8 Å². The Labute approximate surface area is 347 Å². The summed E-state index contributed by atoms with van der Waals surface area (Å²) in [6.45, 7) is 7.63. The molecule has 0 bridgehead atoms. The lowest BCUT2D eigenvalue weighted by molar-refractivity contribution is -0.163. The van der Waals surface area contributed by atoms with Gasteiger partial charge in [-0.05, 0) is 96.3 Å². The molecule has 0 spiro atoms. The van der Waals surface area contributed by atoms with Gasteiger partial charge in [0.1, 0.15) is 6.61 Å². The van der Waals surface area contributed by atoms with Crippen LogP contribution in [-0.4, -0.2) is 37.9 Å². The molecule has 1 unspecified atom stereocenters. The molecule has 1 atom stereocenters. The van der Waals surface area contributed by atoms with Crippen LogP contribution in [0.15, 0.2) is 60.8 Å². The second-order valence-electron chi connectivity index (χ2n) is 15.6. The molecule has 0 aromatic carbocycles. The van der Waals surface area contributed by atoms with E-state index >= 15 is 0 Å². The number of ether oxygens (including phenoxy) is 3. The third-order valence-electron chi connectivity index (χ3n) is 10.0. The lowest BCUT2D eigenvalue weighted by atomic mass is 10.1. The molecule has 0 aromatic heterocycles. The molecule has 0 aliphatic carbocycles. The van der Waals surface area contributed by atoms with Crippen molar-refractivity contribution in [3.05, 3.63) is 60.8 Å². The van der Waals surface area contributed by atoms with Gasteiger partial charge >= 0.3 is 11.9 Å². The number of esters is 2. The molecule has 0 aromatic rings. The highest BCUT2D eigenvalue weighted by molar-refractivity contribution is 5.70. The quantitative estimate of drug-likeness (QED) is 0.0350. The number of hydrogen-bond donors (Lipinski definition) is 0. The number of allylic oxidation sites excluding steroid dienone is 10. The van der Waals surface area contributed by atoms with Crippen molar-refractivity contribution in [3.8, 4) is 0 Å². The largest absolute Gasteiger partial charge is 0.462 e. The molecular weight excluding hydrogens is 693 g/mol. The van der Waals surface area contributed by atoms with Gasteiger partial charge in [0.05, 0.1) is 6.61 Å². The molecule has 0 amide bonds. The van der Waals surface area contributed by atoms with Gasteiger partial charge in [0.2, 0.25) is 0 Å². The molecule has 0 fully saturated rings.